The molecule has 0 unspecified atom stereocenters. The van der Waals surface area contributed by atoms with Gasteiger partial charge >= 0.3 is 0 Å². The molecule has 0 aliphatic rings. The van der Waals surface area contributed by atoms with E-state index >= 15 is 0 Å². The van der Waals surface area contributed by atoms with Crippen LogP contribution in [0.15, 0.2) is 60.7 Å². The quantitative estimate of drug-likeness (QED) is 0.381. The molecule has 0 spiro atoms. The molecule has 0 fully saturated rings. The van der Waals surface area contributed by atoms with Crippen LogP contribution < -0.4 is 10.1 Å². The Morgan fingerprint density at radius 1 is 0.968 bits per heavy atom. The lowest BCUT2D eigenvalue weighted by Gasteiger charge is -2.14. The standard InChI is InChI=1S/C25H23Cl2NO3/c1-3-24(29)21-15-19(31-12-11-17-6-4-5-16(2)13-17)8-10-23(21)28-25(30)20-9-7-18(26)14-22(20)27/h4-10,13-15H,3,11-12H2,1-2H3,(H,28,30). The molecule has 0 atom stereocenters. The van der Waals surface area contributed by atoms with Gasteiger partial charge in [-0.15, -0.1) is 0 Å². The van der Waals surface area contributed by atoms with Crippen molar-refractivity contribution in [2.24, 2.45) is 0 Å². The zero-order valence-electron chi connectivity index (χ0n) is 17.4. The average Bonchev–Trinajstić information content (AvgIpc) is 2.74. The van der Waals surface area contributed by atoms with E-state index in [0.29, 0.717) is 35.1 Å². The fourth-order valence-corrected chi connectivity index (χ4v) is 3.66. The van der Waals surface area contributed by atoms with E-state index < -0.39 is 5.91 Å². The highest BCUT2D eigenvalue weighted by molar-refractivity contribution is 6.37. The number of hydrogen-bond donors (Lipinski definition) is 1. The lowest BCUT2D eigenvalue weighted by molar-refractivity contribution is 0.0988. The van der Waals surface area contributed by atoms with E-state index in [9.17, 15) is 9.59 Å². The highest BCUT2D eigenvalue weighted by atomic mass is 35.5. The molecule has 6 heteroatoms. The van der Waals surface area contributed by atoms with Gasteiger partial charge < -0.3 is 10.1 Å². The first kappa shape index (κ1) is 22.9. The Balaban J connectivity index is 1.75. The second kappa shape index (κ2) is 10.5. The number of carbonyl (C=O) groups excluding carboxylic acids is 2. The number of ether oxygens (including phenoxy) is 1. The van der Waals surface area contributed by atoms with Gasteiger partial charge in [-0.3, -0.25) is 9.59 Å². The number of Topliss-reactive ketones (excluding diaryl/α,β-unsaturated/α-hetero) is 1. The molecule has 3 aromatic rings. The number of anilines is 1. The molecule has 0 aliphatic heterocycles. The normalized spacial score (nSPS) is 10.6. The van der Waals surface area contributed by atoms with E-state index in [0.717, 1.165) is 6.42 Å². The maximum Gasteiger partial charge on any atom is 0.257 e. The van der Waals surface area contributed by atoms with Crippen molar-refractivity contribution < 1.29 is 14.3 Å². The second-order valence-corrected chi connectivity index (χ2v) is 7.99. The fraction of sp³-hybridized carbons (Fsp3) is 0.200. The Hall–Kier alpha value is -2.82. The molecule has 0 saturated carbocycles. The van der Waals surface area contributed by atoms with Crippen molar-refractivity contribution >= 4 is 40.6 Å². The lowest BCUT2D eigenvalue weighted by Crippen LogP contribution is -2.15. The van der Waals surface area contributed by atoms with Crippen LogP contribution in [0.4, 0.5) is 5.69 Å². The number of hydrogen-bond acceptors (Lipinski definition) is 3. The van der Waals surface area contributed by atoms with Crippen LogP contribution in [0.1, 0.15) is 45.2 Å². The average molecular weight is 456 g/mol. The summed E-state index contributed by atoms with van der Waals surface area (Å²) in [6.45, 7) is 4.31. The summed E-state index contributed by atoms with van der Waals surface area (Å²) >= 11 is 12.0. The maximum atomic E-state index is 12.7. The minimum atomic E-state index is -0.417. The van der Waals surface area contributed by atoms with Gasteiger partial charge in [0.05, 0.1) is 22.9 Å². The lowest BCUT2D eigenvalue weighted by atomic mass is 10.1. The van der Waals surface area contributed by atoms with E-state index in [-0.39, 0.29) is 16.4 Å². The summed E-state index contributed by atoms with van der Waals surface area (Å²) in [5.74, 6) is 0.0635. The van der Waals surface area contributed by atoms with Gasteiger partial charge in [0, 0.05) is 23.4 Å². The SMILES string of the molecule is CCC(=O)c1cc(OCCc2cccc(C)c2)ccc1NC(=O)c1ccc(Cl)cc1Cl. The topological polar surface area (TPSA) is 55.4 Å². The summed E-state index contributed by atoms with van der Waals surface area (Å²) < 4.78 is 5.86. The predicted molar refractivity (Wildman–Crippen MR) is 126 cm³/mol. The number of amides is 1. The predicted octanol–water partition coefficient (Wildman–Crippen LogP) is 6.77. The fourth-order valence-electron chi connectivity index (χ4n) is 3.16. The molecule has 0 aliphatic carbocycles. The zero-order chi connectivity index (χ0) is 22.4. The molecule has 3 aromatic carbocycles. The molecule has 0 radical (unpaired) electrons. The molecule has 0 bridgehead atoms. The largest absolute Gasteiger partial charge is 0.493 e. The number of ketones is 1. The van der Waals surface area contributed by atoms with Gasteiger partial charge in [-0.05, 0) is 48.9 Å². The number of halogens is 2. The summed E-state index contributed by atoms with van der Waals surface area (Å²) in [6, 6.07) is 18.0. The molecule has 1 amide bonds. The first-order valence-corrected chi connectivity index (χ1v) is 10.7. The van der Waals surface area contributed by atoms with Gasteiger partial charge in [0.15, 0.2) is 5.78 Å². The van der Waals surface area contributed by atoms with Crippen LogP contribution >= 0.6 is 23.2 Å². The van der Waals surface area contributed by atoms with Crippen LogP contribution in [0, 0.1) is 6.92 Å². The Morgan fingerprint density at radius 3 is 2.48 bits per heavy atom. The first-order valence-electron chi connectivity index (χ1n) is 9.99. The highest BCUT2D eigenvalue weighted by Crippen LogP contribution is 2.26. The van der Waals surface area contributed by atoms with Crippen molar-refractivity contribution in [2.75, 3.05) is 11.9 Å². The van der Waals surface area contributed by atoms with Gasteiger partial charge in [-0.1, -0.05) is 60.0 Å². The van der Waals surface area contributed by atoms with E-state index in [2.05, 4.69) is 30.4 Å². The molecule has 4 nitrogen and oxygen atoms in total. The van der Waals surface area contributed by atoms with E-state index in [1.165, 1.54) is 17.2 Å². The van der Waals surface area contributed by atoms with Crippen molar-refractivity contribution in [1.82, 2.24) is 0 Å². The van der Waals surface area contributed by atoms with Crippen molar-refractivity contribution in [1.29, 1.82) is 0 Å². The highest BCUT2D eigenvalue weighted by Gasteiger charge is 2.16. The molecule has 1 N–H and O–H groups in total. The molecule has 0 aromatic heterocycles. The number of nitrogens with one attached hydrogen (secondary N) is 1. The van der Waals surface area contributed by atoms with Crippen LogP contribution in [0.5, 0.6) is 5.75 Å². The summed E-state index contributed by atoms with van der Waals surface area (Å²) in [5, 5.41) is 3.46. The van der Waals surface area contributed by atoms with Crippen LogP contribution in [0.3, 0.4) is 0 Å². The van der Waals surface area contributed by atoms with Gasteiger partial charge in [-0.25, -0.2) is 0 Å². The van der Waals surface area contributed by atoms with Crippen LogP contribution in [0.2, 0.25) is 10.0 Å². The van der Waals surface area contributed by atoms with Gasteiger partial charge in [0.1, 0.15) is 5.75 Å². The number of benzene rings is 3. The van der Waals surface area contributed by atoms with Crippen molar-refractivity contribution in [2.45, 2.75) is 26.7 Å². The maximum absolute atomic E-state index is 12.7. The number of rotatable bonds is 8. The van der Waals surface area contributed by atoms with Crippen LogP contribution in [0.25, 0.3) is 0 Å². The number of aryl methyl sites for hydroxylation is 1. The molecule has 0 saturated heterocycles. The molecule has 160 valence electrons. The Labute approximate surface area is 192 Å². The smallest absolute Gasteiger partial charge is 0.257 e. The van der Waals surface area contributed by atoms with Gasteiger partial charge in [-0.2, -0.15) is 0 Å². The summed E-state index contributed by atoms with van der Waals surface area (Å²) in [5.41, 5.74) is 3.48. The molecule has 0 heterocycles. The summed E-state index contributed by atoms with van der Waals surface area (Å²) in [6.07, 6.45) is 1.06. The third-order valence-electron chi connectivity index (χ3n) is 4.78. The third kappa shape index (κ3) is 6.09. The minimum absolute atomic E-state index is 0.0957. The Morgan fingerprint density at radius 2 is 1.77 bits per heavy atom. The van der Waals surface area contributed by atoms with Crippen LogP contribution in [-0.4, -0.2) is 18.3 Å². The minimum Gasteiger partial charge on any atom is -0.493 e. The molecular weight excluding hydrogens is 433 g/mol. The van der Waals surface area contributed by atoms with Crippen molar-refractivity contribution in [3.8, 4) is 5.75 Å². The molecule has 31 heavy (non-hydrogen) atoms. The number of carbonyl (C=O) groups is 2. The van der Waals surface area contributed by atoms with E-state index in [1.807, 2.05) is 6.07 Å². The van der Waals surface area contributed by atoms with E-state index in [4.69, 9.17) is 27.9 Å². The summed E-state index contributed by atoms with van der Waals surface area (Å²) in [7, 11) is 0. The second-order valence-electron chi connectivity index (χ2n) is 7.15. The molecular formula is C25H23Cl2NO3. The Bertz CT molecular complexity index is 1110. The monoisotopic (exact) mass is 455 g/mol. The first-order chi connectivity index (χ1) is 14.9. The van der Waals surface area contributed by atoms with Crippen molar-refractivity contribution in [3.05, 3.63) is 93.0 Å². The third-order valence-corrected chi connectivity index (χ3v) is 5.33. The van der Waals surface area contributed by atoms with E-state index in [1.54, 1.807) is 37.3 Å². The summed E-state index contributed by atoms with van der Waals surface area (Å²) in [4.78, 5) is 25.2. The van der Waals surface area contributed by atoms with Gasteiger partial charge in [0.2, 0.25) is 0 Å². The van der Waals surface area contributed by atoms with Crippen LogP contribution in [-0.2, 0) is 6.42 Å². The Kier molecular flexibility index (Phi) is 7.72. The zero-order valence-corrected chi connectivity index (χ0v) is 18.9. The van der Waals surface area contributed by atoms with Gasteiger partial charge in [0.25, 0.3) is 5.91 Å². The molecule has 3 rings (SSSR count). The van der Waals surface area contributed by atoms with Crippen molar-refractivity contribution in [3.63, 3.8) is 0 Å².